The van der Waals surface area contributed by atoms with Gasteiger partial charge in [0.25, 0.3) is 0 Å². The number of hydrogen-bond acceptors (Lipinski definition) is 5. The van der Waals surface area contributed by atoms with Gasteiger partial charge in [0.05, 0.1) is 11.8 Å². The third-order valence-corrected chi connectivity index (χ3v) is 2.72. The molecule has 0 radical (unpaired) electrons. The van der Waals surface area contributed by atoms with Crippen molar-refractivity contribution in [2.24, 2.45) is 10.9 Å². The Labute approximate surface area is 116 Å². The second-order valence-corrected chi connectivity index (χ2v) is 4.08. The van der Waals surface area contributed by atoms with E-state index in [1.165, 1.54) is 12.4 Å². The normalized spacial score (nSPS) is 11.3. The maximum atomic E-state index is 8.86. The van der Waals surface area contributed by atoms with E-state index in [9.17, 15) is 0 Å². The van der Waals surface area contributed by atoms with E-state index in [1.54, 1.807) is 18.2 Å². The first-order valence-corrected chi connectivity index (χ1v) is 6.04. The zero-order valence-corrected chi connectivity index (χ0v) is 10.7. The number of nitrogens with zero attached hydrogens (tertiary/aromatic N) is 2. The number of rotatable bonds is 5. The summed E-state index contributed by atoms with van der Waals surface area (Å²) in [4.78, 5) is 3.95. The summed E-state index contributed by atoms with van der Waals surface area (Å²) < 4.78 is 5.67. The molecular formula is C14H15N3O3. The largest absolute Gasteiger partial charge is 0.455 e. The molecule has 0 saturated heterocycles. The highest BCUT2D eigenvalue weighted by Gasteiger charge is 2.09. The highest BCUT2D eigenvalue weighted by molar-refractivity contribution is 5.99. The predicted octanol–water partition coefficient (Wildman–Crippen LogP) is 1.50. The first kappa shape index (κ1) is 13.8. The van der Waals surface area contributed by atoms with E-state index in [-0.39, 0.29) is 12.4 Å². The first-order valence-electron chi connectivity index (χ1n) is 6.04. The molecule has 0 aliphatic rings. The fourth-order valence-electron chi connectivity index (χ4n) is 1.71. The van der Waals surface area contributed by atoms with Gasteiger partial charge in [0.1, 0.15) is 5.75 Å². The Morgan fingerprint density at radius 1 is 1.25 bits per heavy atom. The van der Waals surface area contributed by atoms with Crippen LogP contribution in [0.15, 0.2) is 47.9 Å². The van der Waals surface area contributed by atoms with Crippen molar-refractivity contribution in [3.8, 4) is 11.5 Å². The molecule has 2 rings (SSSR count). The summed E-state index contributed by atoms with van der Waals surface area (Å²) in [7, 11) is 0. The summed E-state index contributed by atoms with van der Waals surface area (Å²) in [6.45, 7) is 0.108. The zero-order valence-electron chi connectivity index (χ0n) is 10.7. The lowest BCUT2D eigenvalue weighted by Crippen LogP contribution is -2.14. The molecule has 0 aliphatic heterocycles. The molecule has 1 aromatic heterocycles. The summed E-state index contributed by atoms with van der Waals surface area (Å²) >= 11 is 0. The van der Waals surface area contributed by atoms with E-state index in [4.69, 9.17) is 20.8 Å². The van der Waals surface area contributed by atoms with Crippen LogP contribution in [0.3, 0.4) is 0 Å². The van der Waals surface area contributed by atoms with Crippen molar-refractivity contribution >= 4 is 5.84 Å². The minimum Gasteiger partial charge on any atom is -0.455 e. The highest BCUT2D eigenvalue weighted by Crippen LogP contribution is 2.24. The second-order valence-electron chi connectivity index (χ2n) is 4.08. The van der Waals surface area contributed by atoms with Crippen LogP contribution in [0.1, 0.15) is 11.1 Å². The van der Waals surface area contributed by atoms with Gasteiger partial charge in [-0.05, 0) is 30.2 Å². The molecule has 20 heavy (non-hydrogen) atoms. The van der Waals surface area contributed by atoms with Gasteiger partial charge in [0.15, 0.2) is 11.6 Å². The number of oxime groups is 1. The predicted molar refractivity (Wildman–Crippen MR) is 74.1 cm³/mol. The number of nitrogens with two attached hydrogens (primary N) is 1. The molecule has 104 valence electrons. The Hall–Kier alpha value is -2.60. The van der Waals surface area contributed by atoms with E-state index in [0.29, 0.717) is 23.5 Å². The van der Waals surface area contributed by atoms with Crippen LogP contribution in [0.4, 0.5) is 0 Å². The molecule has 1 heterocycles. The van der Waals surface area contributed by atoms with Gasteiger partial charge in [0, 0.05) is 12.8 Å². The monoisotopic (exact) mass is 273 g/mol. The Morgan fingerprint density at radius 3 is 2.65 bits per heavy atom. The summed E-state index contributed by atoms with van der Waals surface area (Å²) in [5.41, 5.74) is 7.05. The van der Waals surface area contributed by atoms with Crippen LogP contribution in [0, 0.1) is 0 Å². The molecule has 1 aromatic carbocycles. The number of hydrogen-bond donors (Lipinski definition) is 3. The molecule has 0 fully saturated rings. The molecule has 6 nitrogen and oxygen atoms in total. The first-order chi connectivity index (χ1) is 9.74. The van der Waals surface area contributed by atoms with Gasteiger partial charge in [-0.1, -0.05) is 17.3 Å². The van der Waals surface area contributed by atoms with Gasteiger partial charge in [-0.3, -0.25) is 4.98 Å². The molecule has 0 atom stereocenters. The zero-order chi connectivity index (χ0) is 14.4. The Balaban J connectivity index is 2.21. The fraction of sp³-hybridized carbons (Fsp3) is 0.143. The lowest BCUT2D eigenvalue weighted by Gasteiger charge is -2.10. The molecule has 0 amide bonds. The van der Waals surface area contributed by atoms with E-state index in [1.807, 2.05) is 12.1 Å². The van der Waals surface area contributed by atoms with Crippen LogP contribution in [0.5, 0.6) is 11.5 Å². The van der Waals surface area contributed by atoms with E-state index < -0.39 is 0 Å². The number of ether oxygens (including phenoxy) is 1. The lowest BCUT2D eigenvalue weighted by atomic mass is 10.1. The molecule has 0 spiro atoms. The molecule has 0 aliphatic carbocycles. The van der Waals surface area contributed by atoms with Crippen molar-refractivity contribution in [1.82, 2.24) is 4.98 Å². The maximum absolute atomic E-state index is 8.86. The van der Waals surface area contributed by atoms with Crippen LogP contribution >= 0.6 is 0 Å². The van der Waals surface area contributed by atoms with Crippen molar-refractivity contribution in [2.75, 3.05) is 6.61 Å². The molecule has 0 saturated carbocycles. The van der Waals surface area contributed by atoms with Gasteiger partial charge >= 0.3 is 0 Å². The maximum Gasteiger partial charge on any atom is 0.173 e. The van der Waals surface area contributed by atoms with Crippen molar-refractivity contribution in [1.29, 1.82) is 0 Å². The second kappa shape index (κ2) is 6.53. The third kappa shape index (κ3) is 3.24. The van der Waals surface area contributed by atoms with Crippen LogP contribution < -0.4 is 10.5 Å². The number of amidine groups is 1. The summed E-state index contributed by atoms with van der Waals surface area (Å²) in [5.74, 6) is 0.962. The molecule has 6 heteroatoms. The van der Waals surface area contributed by atoms with E-state index in [2.05, 4.69) is 10.1 Å². The number of benzene rings is 1. The topological polar surface area (TPSA) is 101 Å². The molecule has 2 aromatic rings. The molecule has 4 N–H and O–H groups in total. The quantitative estimate of drug-likeness (QED) is 0.332. The average Bonchev–Trinajstić information content (AvgIpc) is 2.49. The van der Waals surface area contributed by atoms with Crippen molar-refractivity contribution in [2.45, 2.75) is 6.42 Å². The van der Waals surface area contributed by atoms with Crippen LogP contribution in [-0.4, -0.2) is 27.7 Å². The van der Waals surface area contributed by atoms with Crippen LogP contribution in [-0.2, 0) is 6.42 Å². The van der Waals surface area contributed by atoms with Crippen molar-refractivity contribution in [3.05, 3.63) is 53.9 Å². The van der Waals surface area contributed by atoms with Gasteiger partial charge in [-0.15, -0.1) is 0 Å². The number of aliphatic hydroxyl groups is 1. The lowest BCUT2D eigenvalue weighted by molar-refractivity contribution is 0.299. The number of aliphatic hydroxyl groups excluding tert-OH is 1. The molecule has 0 bridgehead atoms. The van der Waals surface area contributed by atoms with Gasteiger partial charge in [-0.2, -0.15) is 0 Å². The van der Waals surface area contributed by atoms with Crippen molar-refractivity contribution in [3.63, 3.8) is 0 Å². The van der Waals surface area contributed by atoms with Gasteiger partial charge < -0.3 is 20.8 Å². The minimum absolute atomic E-state index is 0.0423. The molecule has 0 unspecified atom stereocenters. The minimum atomic E-state index is -0.0423. The van der Waals surface area contributed by atoms with E-state index in [0.717, 1.165) is 5.56 Å². The summed E-state index contributed by atoms with van der Waals surface area (Å²) in [6.07, 6.45) is 3.63. The standard InChI is InChI=1S/C14H15N3O3/c15-14(17-19)12-5-7-16-9-13(12)20-11-3-1-10(2-4-11)6-8-18/h1-5,7,9,18-19H,6,8H2,(H2,15,17). The van der Waals surface area contributed by atoms with Crippen molar-refractivity contribution < 1.29 is 15.1 Å². The van der Waals surface area contributed by atoms with Gasteiger partial charge in [-0.25, -0.2) is 0 Å². The van der Waals surface area contributed by atoms with Gasteiger partial charge in [0.2, 0.25) is 0 Å². The Kier molecular flexibility index (Phi) is 4.52. The molecular weight excluding hydrogens is 258 g/mol. The summed E-state index contributed by atoms with van der Waals surface area (Å²) in [6, 6.07) is 8.91. The van der Waals surface area contributed by atoms with Crippen LogP contribution in [0.25, 0.3) is 0 Å². The SMILES string of the molecule is N/C(=N/O)c1ccncc1Oc1ccc(CCO)cc1. The highest BCUT2D eigenvalue weighted by atomic mass is 16.5. The Morgan fingerprint density at radius 2 is 2.00 bits per heavy atom. The number of pyridine rings is 1. The average molecular weight is 273 g/mol. The fourth-order valence-corrected chi connectivity index (χ4v) is 1.71. The summed E-state index contributed by atoms with van der Waals surface area (Å²) in [5, 5.41) is 20.6. The van der Waals surface area contributed by atoms with E-state index >= 15 is 0 Å². The van der Waals surface area contributed by atoms with Crippen LogP contribution in [0.2, 0.25) is 0 Å². The Bertz CT molecular complexity index is 597. The third-order valence-electron chi connectivity index (χ3n) is 2.72. The number of aromatic nitrogens is 1. The smallest absolute Gasteiger partial charge is 0.173 e.